The Labute approximate surface area is 230 Å². The molecule has 0 heterocycles. The van der Waals surface area contributed by atoms with Crippen molar-refractivity contribution >= 4 is 24.0 Å². The molecule has 0 N–H and O–H groups in total. The SMILES string of the molecule is O=C(CC(SOO[O-])C(=O)OCC(F)(F)C(F)(F)C(F)(F)C(F)(F)C(F)(F)C(F)F)OCC(F)(F)C(F)F.[Na+]. The zero-order valence-electron chi connectivity index (χ0n) is 18.2. The smallest absolute Gasteiger partial charge is 0.691 e. The fraction of sp³-hybridized carbons (Fsp3) is 0.857. The van der Waals surface area contributed by atoms with Gasteiger partial charge in [-0.2, -0.15) is 57.0 Å². The number of hydrogen-bond donors (Lipinski definition) is 0. The van der Waals surface area contributed by atoms with Crippen molar-refractivity contribution in [2.45, 2.75) is 60.1 Å². The van der Waals surface area contributed by atoms with Gasteiger partial charge in [-0.1, -0.05) is 0 Å². The normalized spacial score (nSPS) is 14.7. The summed E-state index contributed by atoms with van der Waals surface area (Å²) in [5.74, 6) is -47.0. The van der Waals surface area contributed by atoms with Crippen molar-refractivity contribution in [3.05, 3.63) is 0 Å². The van der Waals surface area contributed by atoms with Gasteiger partial charge < -0.3 is 14.7 Å². The largest absolute Gasteiger partial charge is 1.00 e. The molecule has 0 saturated heterocycles. The van der Waals surface area contributed by atoms with Crippen molar-refractivity contribution in [1.29, 1.82) is 0 Å². The average Bonchev–Trinajstić information content (AvgIpc) is 2.78. The van der Waals surface area contributed by atoms with Gasteiger partial charge in [0.2, 0.25) is 0 Å². The molecule has 0 fully saturated rings. The van der Waals surface area contributed by atoms with E-state index in [-0.39, 0.29) is 29.6 Å². The molecule has 7 nitrogen and oxygen atoms in total. The van der Waals surface area contributed by atoms with Crippen molar-refractivity contribution in [2.75, 3.05) is 13.2 Å². The summed E-state index contributed by atoms with van der Waals surface area (Å²) in [4.78, 5) is 23.0. The van der Waals surface area contributed by atoms with E-state index < -0.39 is 97.3 Å². The van der Waals surface area contributed by atoms with E-state index in [0.29, 0.717) is 0 Å². The van der Waals surface area contributed by atoms with Crippen molar-refractivity contribution in [1.82, 2.24) is 0 Å². The summed E-state index contributed by atoms with van der Waals surface area (Å²) in [7, 11) is 0. The molecule has 1 atom stereocenters. The van der Waals surface area contributed by atoms with Crippen LogP contribution in [0.1, 0.15) is 6.42 Å². The van der Waals surface area contributed by atoms with Gasteiger partial charge in [0.15, 0.2) is 13.2 Å². The first-order chi connectivity index (χ1) is 16.8. The topological polar surface area (TPSA) is 94.1 Å². The summed E-state index contributed by atoms with van der Waals surface area (Å²) in [6.45, 7) is -5.77. The van der Waals surface area contributed by atoms with Crippen LogP contribution in [0.25, 0.3) is 0 Å². The van der Waals surface area contributed by atoms with Crippen LogP contribution in [0.4, 0.5) is 70.2 Å². The van der Waals surface area contributed by atoms with Gasteiger partial charge in [0, 0.05) is 12.0 Å². The Morgan fingerprint density at radius 2 is 1.21 bits per heavy atom. The maximum atomic E-state index is 13.7. The van der Waals surface area contributed by atoms with E-state index in [1.54, 1.807) is 0 Å². The minimum absolute atomic E-state index is 0. The third-order valence-electron chi connectivity index (χ3n) is 3.88. The van der Waals surface area contributed by atoms with Crippen LogP contribution in [0.2, 0.25) is 0 Å². The number of ether oxygens (including phenoxy) is 2. The Kier molecular flexibility index (Phi) is 14.7. The number of carbonyl (C=O) groups excluding carboxylic acids is 2. The minimum Gasteiger partial charge on any atom is -0.691 e. The maximum Gasteiger partial charge on any atom is 1.00 e. The first-order valence-corrected chi connectivity index (χ1v) is 9.41. The van der Waals surface area contributed by atoms with Crippen molar-refractivity contribution in [3.63, 3.8) is 0 Å². The fourth-order valence-corrected chi connectivity index (χ4v) is 2.27. The molecule has 0 spiro atoms. The predicted molar refractivity (Wildman–Crippen MR) is 81.8 cm³/mol. The molecular formula is C14H9F16NaO7S. The molecule has 0 aromatic heterocycles. The molecule has 0 aliphatic rings. The van der Waals surface area contributed by atoms with Crippen molar-refractivity contribution in [2.24, 2.45) is 0 Å². The van der Waals surface area contributed by atoms with Gasteiger partial charge >= 0.3 is 89.9 Å². The van der Waals surface area contributed by atoms with Crippen LogP contribution in [0, 0.1) is 0 Å². The number of alkyl halides is 16. The molecule has 0 amide bonds. The van der Waals surface area contributed by atoms with Crippen molar-refractivity contribution < 1.29 is 133 Å². The van der Waals surface area contributed by atoms with Gasteiger partial charge in [-0.25, -0.2) is 17.6 Å². The molecule has 0 rings (SSSR count). The molecule has 0 saturated carbocycles. The molecule has 226 valence electrons. The van der Waals surface area contributed by atoms with Crippen LogP contribution in [0.3, 0.4) is 0 Å². The quantitative estimate of drug-likeness (QED) is 0.0613. The third-order valence-corrected chi connectivity index (χ3v) is 4.61. The zero-order chi connectivity index (χ0) is 30.5. The Hall–Kier alpha value is -0.950. The van der Waals surface area contributed by atoms with Crippen molar-refractivity contribution in [3.8, 4) is 0 Å². The molecule has 0 aromatic carbocycles. The Morgan fingerprint density at radius 1 is 0.718 bits per heavy atom. The van der Waals surface area contributed by atoms with E-state index in [1.165, 1.54) is 0 Å². The second-order valence-corrected chi connectivity index (χ2v) is 7.50. The summed E-state index contributed by atoms with van der Waals surface area (Å²) < 4.78 is 217. The molecule has 1 unspecified atom stereocenters. The Balaban J connectivity index is 0. The molecule has 0 radical (unpaired) electrons. The van der Waals surface area contributed by atoms with Gasteiger partial charge in [-0.3, -0.25) is 14.6 Å². The molecule has 0 aliphatic heterocycles. The van der Waals surface area contributed by atoms with E-state index in [1.807, 2.05) is 0 Å². The van der Waals surface area contributed by atoms with Crippen LogP contribution in [0.15, 0.2) is 0 Å². The predicted octanol–water partition coefficient (Wildman–Crippen LogP) is 1.05. The third kappa shape index (κ3) is 9.02. The first-order valence-electron chi connectivity index (χ1n) is 8.61. The van der Waals surface area contributed by atoms with Gasteiger partial charge in [0.1, 0.15) is 5.25 Å². The minimum atomic E-state index is -7.94. The number of carbonyl (C=O) groups is 2. The van der Waals surface area contributed by atoms with Crippen LogP contribution < -0.4 is 34.8 Å². The van der Waals surface area contributed by atoms with E-state index in [9.17, 15) is 85.1 Å². The molecule has 0 aliphatic carbocycles. The summed E-state index contributed by atoms with van der Waals surface area (Å²) in [6, 6.07) is 0. The van der Waals surface area contributed by atoms with E-state index in [0.717, 1.165) is 0 Å². The van der Waals surface area contributed by atoms with Gasteiger partial charge in [0.25, 0.3) is 0 Å². The second-order valence-electron chi connectivity index (χ2n) is 6.61. The van der Waals surface area contributed by atoms with E-state index in [2.05, 4.69) is 18.8 Å². The maximum absolute atomic E-state index is 13.7. The molecule has 0 aromatic rings. The number of esters is 2. The number of rotatable bonds is 16. The van der Waals surface area contributed by atoms with E-state index >= 15 is 0 Å². The summed E-state index contributed by atoms with van der Waals surface area (Å²) in [5.41, 5.74) is 0. The number of hydrogen-bond acceptors (Lipinski definition) is 8. The Morgan fingerprint density at radius 3 is 1.62 bits per heavy atom. The second kappa shape index (κ2) is 14.3. The van der Waals surface area contributed by atoms with Gasteiger partial charge in [-0.05, 0) is 0 Å². The van der Waals surface area contributed by atoms with Crippen LogP contribution >= 0.6 is 12.0 Å². The Bertz CT molecular complexity index is 816. The molecule has 0 bridgehead atoms. The number of halogens is 16. The first kappa shape index (κ1) is 40.2. The fourth-order valence-electron chi connectivity index (χ4n) is 1.79. The molecular weight excluding hydrogens is 639 g/mol. The van der Waals surface area contributed by atoms with Gasteiger partial charge in [-0.15, -0.1) is 0 Å². The zero-order valence-corrected chi connectivity index (χ0v) is 21.0. The monoisotopic (exact) mass is 648 g/mol. The standard InChI is InChI=1S/C14H10F16O7S.Na/c15-7(16)9(19,20)2-34-5(31)1-4(38-37-36-33)6(32)35-3-10(21,22)12(25,26)14(29,30)13(27,28)11(23,24)8(17)18;/h4,7-8,33H,1-3H2;/q;+1/p-1. The molecule has 25 heteroatoms. The summed E-state index contributed by atoms with van der Waals surface area (Å²) in [5, 5.41) is 9.75. The van der Waals surface area contributed by atoms with E-state index in [4.69, 9.17) is 0 Å². The van der Waals surface area contributed by atoms with Crippen LogP contribution in [-0.4, -0.2) is 78.8 Å². The summed E-state index contributed by atoms with van der Waals surface area (Å²) in [6.07, 6.45) is -11.9. The average molecular weight is 648 g/mol. The molecule has 39 heavy (non-hydrogen) atoms. The summed E-state index contributed by atoms with van der Waals surface area (Å²) >= 11 is -0.757. The van der Waals surface area contributed by atoms with Crippen LogP contribution in [0.5, 0.6) is 0 Å². The van der Waals surface area contributed by atoms with Crippen LogP contribution in [-0.2, 0) is 28.4 Å². The van der Waals surface area contributed by atoms with Gasteiger partial charge in [0.05, 0.1) is 6.42 Å².